The number of pyridine rings is 1. The Morgan fingerprint density at radius 2 is 2.25 bits per heavy atom. The third-order valence-corrected chi connectivity index (χ3v) is 2.04. The van der Waals surface area contributed by atoms with E-state index in [9.17, 15) is 9.59 Å². The Morgan fingerprint density at radius 1 is 1.56 bits per heavy atom. The summed E-state index contributed by atoms with van der Waals surface area (Å²) in [7, 11) is 1.48. The van der Waals surface area contributed by atoms with E-state index in [2.05, 4.69) is 15.6 Å². The van der Waals surface area contributed by atoms with Gasteiger partial charge in [0.25, 0.3) is 5.91 Å². The van der Waals surface area contributed by atoms with Gasteiger partial charge in [-0.05, 0) is 6.07 Å². The Balaban J connectivity index is 2.73. The molecule has 0 aliphatic carbocycles. The topological polar surface area (TPSA) is 97.1 Å². The number of rotatable bonds is 3. The van der Waals surface area contributed by atoms with E-state index in [0.717, 1.165) is 0 Å². The number of nitrogen functional groups attached to an aromatic ring is 1. The Hall–Kier alpha value is -1.82. The van der Waals surface area contributed by atoms with Crippen LogP contribution in [0.3, 0.4) is 0 Å². The first kappa shape index (κ1) is 12.3. The highest BCUT2D eigenvalue weighted by Crippen LogP contribution is 2.14. The highest BCUT2D eigenvalue weighted by molar-refractivity contribution is 6.29. The van der Waals surface area contributed by atoms with Crippen molar-refractivity contribution in [3.8, 4) is 0 Å². The first-order valence-electron chi connectivity index (χ1n) is 4.44. The smallest absolute Gasteiger partial charge is 0.253 e. The number of nitrogens with two attached hydrogens (primary N) is 1. The fraction of sp³-hybridized carbons (Fsp3) is 0.222. The average molecular weight is 243 g/mol. The summed E-state index contributed by atoms with van der Waals surface area (Å²) in [6.45, 7) is -0.116. The van der Waals surface area contributed by atoms with Crippen molar-refractivity contribution in [2.45, 2.75) is 0 Å². The van der Waals surface area contributed by atoms with Crippen LogP contribution in [-0.2, 0) is 4.79 Å². The number of hydrogen-bond acceptors (Lipinski definition) is 4. The van der Waals surface area contributed by atoms with Gasteiger partial charge in [-0.3, -0.25) is 9.59 Å². The number of nitrogens with one attached hydrogen (secondary N) is 2. The van der Waals surface area contributed by atoms with Crippen LogP contribution in [0.1, 0.15) is 10.4 Å². The van der Waals surface area contributed by atoms with Crippen molar-refractivity contribution in [2.24, 2.45) is 0 Å². The number of nitrogens with zero attached hydrogens (tertiary/aromatic N) is 1. The molecular weight excluding hydrogens is 232 g/mol. The molecule has 1 aromatic rings. The molecule has 0 aliphatic rings. The van der Waals surface area contributed by atoms with E-state index in [1.54, 1.807) is 0 Å². The molecule has 7 heteroatoms. The second-order valence-corrected chi connectivity index (χ2v) is 3.34. The molecule has 0 bridgehead atoms. The Kier molecular flexibility index (Phi) is 4.07. The zero-order chi connectivity index (χ0) is 12.1. The first-order valence-corrected chi connectivity index (χ1v) is 4.82. The van der Waals surface area contributed by atoms with Crippen LogP contribution in [0, 0.1) is 0 Å². The summed E-state index contributed by atoms with van der Waals surface area (Å²) < 4.78 is 0. The van der Waals surface area contributed by atoms with Gasteiger partial charge >= 0.3 is 0 Å². The van der Waals surface area contributed by atoms with Gasteiger partial charge in [0.05, 0.1) is 24.0 Å². The Bertz CT molecular complexity index is 422. The summed E-state index contributed by atoms with van der Waals surface area (Å²) in [4.78, 5) is 26.2. The average Bonchev–Trinajstić information content (AvgIpc) is 2.28. The molecule has 0 aromatic carbocycles. The van der Waals surface area contributed by atoms with Crippen LogP contribution in [-0.4, -0.2) is 30.4 Å². The minimum Gasteiger partial charge on any atom is -0.397 e. The number of hydrogen-bond donors (Lipinski definition) is 3. The van der Waals surface area contributed by atoms with E-state index in [4.69, 9.17) is 17.3 Å². The minimum absolute atomic E-state index is 0.116. The summed E-state index contributed by atoms with van der Waals surface area (Å²) in [5, 5.41) is 4.94. The number of halogens is 1. The predicted molar refractivity (Wildman–Crippen MR) is 60.1 cm³/mol. The quantitative estimate of drug-likeness (QED) is 0.639. The number of anilines is 1. The van der Waals surface area contributed by atoms with Crippen molar-refractivity contribution in [2.75, 3.05) is 19.3 Å². The van der Waals surface area contributed by atoms with E-state index < -0.39 is 5.91 Å². The highest BCUT2D eigenvalue weighted by Gasteiger charge is 2.11. The summed E-state index contributed by atoms with van der Waals surface area (Å²) in [5.41, 5.74) is 5.95. The standard InChI is InChI=1S/C9H11ClN4O2/c1-12-8(15)4-14-9(16)5-2-7(10)13-3-6(5)11/h2-3H,4,11H2,1H3,(H,12,15)(H,14,16). The van der Waals surface area contributed by atoms with Crippen LogP contribution < -0.4 is 16.4 Å². The largest absolute Gasteiger partial charge is 0.397 e. The molecule has 86 valence electrons. The van der Waals surface area contributed by atoms with Gasteiger partial charge in [0.2, 0.25) is 5.91 Å². The van der Waals surface area contributed by atoms with E-state index in [1.165, 1.54) is 19.3 Å². The molecule has 1 rings (SSSR count). The lowest BCUT2D eigenvalue weighted by Crippen LogP contribution is -2.35. The lowest BCUT2D eigenvalue weighted by Gasteiger charge is -2.06. The number of likely N-dealkylation sites (N-methyl/N-ethyl adjacent to an activating group) is 1. The molecule has 0 radical (unpaired) electrons. The van der Waals surface area contributed by atoms with Crippen LogP contribution in [0.2, 0.25) is 5.15 Å². The van der Waals surface area contributed by atoms with Crippen molar-refractivity contribution in [3.63, 3.8) is 0 Å². The predicted octanol–water partition coefficient (Wildman–Crippen LogP) is -0.207. The lowest BCUT2D eigenvalue weighted by atomic mass is 10.2. The number of aromatic nitrogens is 1. The minimum atomic E-state index is -0.467. The van der Waals surface area contributed by atoms with Crippen LogP contribution in [0.15, 0.2) is 12.3 Å². The maximum atomic E-state index is 11.6. The van der Waals surface area contributed by atoms with Gasteiger partial charge in [-0.25, -0.2) is 4.98 Å². The van der Waals surface area contributed by atoms with E-state index in [-0.39, 0.29) is 28.9 Å². The first-order chi connectivity index (χ1) is 7.54. The normalized spacial score (nSPS) is 9.62. The van der Waals surface area contributed by atoms with Crippen LogP contribution in [0.25, 0.3) is 0 Å². The molecule has 1 aromatic heterocycles. The molecule has 0 saturated heterocycles. The fourth-order valence-electron chi connectivity index (χ4n) is 0.981. The molecule has 1 heterocycles. The van der Waals surface area contributed by atoms with Gasteiger partial charge in [-0.15, -0.1) is 0 Å². The third kappa shape index (κ3) is 3.09. The maximum Gasteiger partial charge on any atom is 0.253 e. The molecule has 0 fully saturated rings. The summed E-state index contributed by atoms with van der Waals surface area (Å²) in [5.74, 6) is -0.766. The zero-order valence-corrected chi connectivity index (χ0v) is 9.34. The fourth-order valence-corrected chi connectivity index (χ4v) is 1.14. The maximum absolute atomic E-state index is 11.6. The summed E-state index contributed by atoms with van der Waals surface area (Å²) >= 11 is 5.62. The van der Waals surface area contributed by atoms with Crippen LogP contribution in [0.4, 0.5) is 5.69 Å². The van der Waals surface area contributed by atoms with Crippen molar-refractivity contribution in [3.05, 3.63) is 23.0 Å². The van der Waals surface area contributed by atoms with Crippen LogP contribution in [0.5, 0.6) is 0 Å². The monoisotopic (exact) mass is 242 g/mol. The summed E-state index contributed by atoms with van der Waals surface area (Å²) in [6, 6.07) is 1.34. The molecule has 0 spiro atoms. The van der Waals surface area contributed by atoms with E-state index >= 15 is 0 Å². The molecule has 0 atom stereocenters. The number of amides is 2. The van der Waals surface area contributed by atoms with Gasteiger partial charge in [0.1, 0.15) is 5.15 Å². The molecule has 16 heavy (non-hydrogen) atoms. The molecule has 0 aliphatic heterocycles. The molecule has 0 saturated carbocycles. The molecule has 0 unspecified atom stereocenters. The van der Waals surface area contributed by atoms with E-state index in [0.29, 0.717) is 0 Å². The Morgan fingerprint density at radius 3 is 2.88 bits per heavy atom. The second-order valence-electron chi connectivity index (χ2n) is 2.95. The van der Waals surface area contributed by atoms with E-state index in [1.807, 2.05) is 0 Å². The molecule has 4 N–H and O–H groups in total. The SMILES string of the molecule is CNC(=O)CNC(=O)c1cc(Cl)ncc1N. The summed E-state index contributed by atoms with van der Waals surface area (Å²) in [6.07, 6.45) is 1.29. The van der Waals surface area contributed by atoms with Gasteiger partial charge < -0.3 is 16.4 Å². The highest BCUT2D eigenvalue weighted by atomic mass is 35.5. The van der Waals surface area contributed by atoms with Crippen molar-refractivity contribution in [1.82, 2.24) is 15.6 Å². The molecule has 6 nitrogen and oxygen atoms in total. The van der Waals surface area contributed by atoms with Gasteiger partial charge in [0, 0.05) is 7.05 Å². The number of carbonyl (C=O) groups is 2. The Labute approximate surface area is 97.2 Å². The second kappa shape index (κ2) is 5.32. The third-order valence-electron chi connectivity index (χ3n) is 1.83. The van der Waals surface area contributed by atoms with Gasteiger partial charge in [-0.1, -0.05) is 11.6 Å². The number of carbonyl (C=O) groups excluding carboxylic acids is 2. The molecule has 2 amide bonds. The van der Waals surface area contributed by atoms with Crippen molar-refractivity contribution < 1.29 is 9.59 Å². The zero-order valence-electron chi connectivity index (χ0n) is 8.58. The van der Waals surface area contributed by atoms with Gasteiger partial charge in [-0.2, -0.15) is 0 Å². The van der Waals surface area contributed by atoms with Gasteiger partial charge in [0.15, 0.2) is 0 Å². The molecular formula is C9H11ClN4O2. The van der Waals surface area contributed by atoms with Crippen molar-refractivity contribution in [1.29, 1.82) is 0 Å². The lowest BCUT2D eigenvalue weighted by molar-refractivity contribution is -0.119. The van der Waals surface area contributed by atoms with Crippen LogP contribution >= 0.6 is 11.6 Å². The van der Waals surface area contributed by atoms with Crippen molar-refractivity contribution >= 4 is 29.1 Å².